The summed E-state index contributed by atoms with van der Waals surface area (Å²) in [4.78, 5) is 2.22. The summed E-state index contributed by atoms with van der Waals surface area (Å²) in [5, 5.41) is 0. The quantitative estimate of drug-likeness (QED) is 0.697. The molecule has 2 N–H and O–H groups in total. The van der Waals surface area contributed by atoms with Crippen molar-refractivity contribution in [3.63, 3.8) is 0 Å². The van der Waals surface area contributed by atoms with E-state index in [4.69, 9.17) is 10.5 Å². The molecule has 0 spiro atoms. The minimum atomic E-state index is -0.236. The van der Waals surface area contributed by atoms with E-state index in [9.17, 15) is 4.39 Å². The van der Waals surface area contributed by atoms with Gasteiger partial charge in [0.05, 0.1) is 19.4 Å². The molecule has 0 aromatic carbocycles. The van der Waals surface area contributed by atoms with Gasteiger partial charge in [-0.3, -0.25) is 9.29 Å². The number of hydrogen-bond acceptors (Lipinski definition) is 3. The van der Waals surface area contributed by atoms with Crippen molar-refractivity contribution < 1.29 is 9.13 Å². The van der Waals surface area contributed by atoms with Gasteiger partial charge >= 0.3 is 0 Å². The fourth-order valence-corrected chi connectivity index (χ4v) is 1.54. The molecule has 1 rings (SSSR count). The number of nitrogens with two attached hydrogens (primary N) is 1. The Bertz CT molecular complexity index is 144. The van der Waals surface area contributed by atoms with Gasteiger partial charge in [0.2, 0.25) is 0 Å². The molecule has 1 saturated heterocycles. The second-order valence-corrected chi connectivity index (χ2v) is 3.61. The third kappa shape index (κ3) is 3.58. The van der Waals surface area contributed by atoms with Crippen LogP contribution in [0.1, 0.15) is 13.3 Å². The number of nitrogens with zero attached hydrogens (tertiary/aromatic N) is 1. The van der Waals surface area contributed by atoms with Crippen molar-refractivity contribution in [2.45, 2.75) is 25.5 Å². The van der Waals surface area contributed by atoms with Crippen molar-refractivity contribution in [1.29, 1.82) is 0 Å². The van der Waals surface area contributed by atoms with Gasteiger partial charge in [0.1, 0.15) is 0 Å². The average molecular weight is 190 g/mol. The van der Waals surface area contributed by atoms with Gasteiger partial charge in [0, 0.05) is 25.7 Å². The first-order chi connectivity index (χ1) is 6.24. The molecule has 0 bridgehead atoms. The minimum Gasteiger partial charge on any atom is -0.374 e. The van der Waals surface area contributed by atoms with Crippen LogP contribution in [0.15, 0.2) is 0 Å². The van der Waals surface area contributed by atoms with Crippen LogP contribution in [0.3, 0.4) is 0 Å². The summed E-state index contributed by atoms with van der Waals surface area (Å²) < 4.78 is 17.4. The third-order valence-electron chi connectivity index (χ3n) is 2.37. The molecule has 3 nitrogen and oxygen atoms in total. The van der Waals surface area contributed by atoms with E-state index < -0.39 is 0 Å². The van der Waals surface area contributed by atoms with Gasteiger partial charge in [-0.1, -0.05) is 0 Å². The summed E-state index contributed by atoms with van der Waals surface area (Å²) in [6.07, 6.45) is 0.736. The summed E-state index contributed by atoms with van der Waals surface area (Å²) in [6.45, 7) is 5.01. The highest BCUT2D eigenvalue weighted by Crippen LogP contribution is 2.07. The Morgan fingerprint density at radius 1 is 1.69 bits per heavy atom. The zero-order valence-corrected chi connectivity index (χ0v) is 8.21. The zero-order valence-electron chi connectivity index (χ0n) is 8.21. The second-order valence-electron chi connectivity index (χ2n) is 3.61. The van der Waals surface area contributed by atoms with Crippen molar-refractivity contribution in [2.24, 2.45) is 5.73 Å². The normalized spacial score (nSPS) is 27.5. The van der Waals surface area contributed by atoms with Gasteiger partial charge in [-0.05, 0) is 13.3 Å². The number of rotatable bonds is 4. The second kappa shape index (κ2) is 5.52. The number of halogens is 1. The molecule has 13 heavy (non-hydrogen) atoms. The largest absolute Gasteiger partial charge is 0.374 e. The first-order valence-corrected chi connectivity index (χ1v) is 4.89. The van der Waals surface area contributed by atoms with Crippen LogP contribution in [-0.4, -0.2) is 50.0 Å². The summed E-state index contributed by atoms with van der Waals surface area (Å²) in [5.41, 5.74) is 5.73. The Hall–Kier alpha value is -0.190. The maximum absolute atomic E-state index is 11.9. The third-order valence-corrected chi connectivity index (χ3v) is 2.37. The fourth-order valence-electron chi connectivity index (χ4n) is 1.54. The number of morpholine rings is 1. The van der Waals surface area contributed by atoms with Crippen LogP contribution in [0.2, 0.25) is 0 Å². The van der Waals surface area contributed by atoms with Gasteiger partial charge in [-0.15, -0.1) is 0 Å². The van der Waals surface area contributed by atoms with Crippen LogP contribution in [0, 0.1) is 0 Å². The SMILES string of the molecule is CC(N)C1CN(CCCF)CCO1. The van der Waals surface area contributed by atoms with Gasteiger partial charge in [-0.25, -0.2) is 0 Å². The maximum atomic E-state index is 11.9. The number of ether oxygens (including phenoxy) is 1. The molecule has 0 radical (unpaired) electrons. The average Bonchev–Trinajstić information content (AvgIpc) is 2.15. The molecule has 1 aliphatic heterocycles. The first kappa shape index (κ1) is 10.9. The van der Waals surface area contributed by atoms with E-state index >= 15 is 0 Å². The highest BCUT2D eigenvalue weighted by Gasteiger charge is 2.22. The molecule has 0 aromatic heterocycles. The molecule has 0 saturated carbocycles. The molecule has 0 aromatic rings. The molecule has 0 amide bonds. The molecule has 78 valence electrons. The lowest BCUT2D eigenvalue weighted by Gasteiger charge is -2.34. The number of hydrogen-bond donors (Lipinski definition) is 1. The van der Waals surface area contributed by atoms with Crippen LogP contribution < -0.4 is 5.73 Å². The van der Waals surface area contributed by atoms with E-state index in [0.29, 0.717) is 6.42 Å². The molecule has 2 unspecified atom stereocenters. The topological polar surface area (TPSA) is 38.5 Å². The number of alkyl halides is 1. The first-order valence-electron chi connectivity index (χ1n) is 4.89. The molecule has 2 atom stereocenters. The smallest absolute Gasteiger partial charge is 0.0906 e. The Kier molecular flexibility index (Phi) is 4.62. The lowest BCUT2D eigenvalue weighted by Crippen LogP contribution is -2.49. The summed E-state index contributed by atoms with van der Waals surface area (Å²) in [7, 11) is 0. The van der Waals surface area contributed by atoms with Crippen molar-refractivity contribution in [1.82, 2.24) is 4.90 Å². The predicted molar refractivity (Wildman–Crippen MR) is 50.4 cm³/mol. The summed E-state index contributed by atoms with van der Waals surface area (Å²) in [5.74, 6) is 0. The van der Waals surface area contributed by atoms with Gasteiger partial charge in [0.25, 0.3) is 0 Å². The molecule has 4 heteroatoms. The van der Waals surface area contributed by atoms with E-state index in [1.807, 2.05) is 6.92 Å². The standard InChI is InChI=1S/C9H19FN2O/c1-8(11)9-7-12(4-2-3-10)5-6-13-9/h8-9H,2-7,11H2,1H3. The Morgan fingerprint density at radius 2 is 2.46 bits per heavy atom. The highest BCUT2D eigenvalue weighted by molar-refractivity contribution is 4.77. The molecule has 1 aliphatic rings. The fraction of sp³-hybridized carbons (Fsp3) is 1.00. The van der Waals surface area contributed by atoms with E-state index in [1.54, 1.807) is 0 Å². The van der Waals surface area contributed by atoms with Crippen LogP contribution in [0.5, 0.6) is 0 Å². The Labute approximate surface area is 79.0 Å². The monoisotopic (exact) mass is 190 g/mol. The zero-order chi connectivity index (χ0) is 9.68. The summed E-state index contributed by atoms with van der Waals surface area (Å²) in [6, 6.07) is 0.0631. The highest BCUT2D eigenvalue weighted by atomic mass is 19.1. The Balaban J connectivity index is 2.25. The molecular formula is C9H19FN2O. The molecular weight excluding hydrogens is 171 g/mol. The van der Waals surface area contributed by atoms with Gasteiger partial charge < -0.3 is 10.5 Å². The van der Waals surface area contributed by atoms with Crippen molar-refractivity contribution in [3.05, 3.63) is 0 Å². The minimum absolute atomic E-state index is 0.0631. The van der Waals surface area contributed by atoms with Gasteiger partial charge in [-0.2, -0.15) is 0 Å². The van der Waals surface area contributed by atoms with Crippen LogP contribution in [0.25, 0.3) is 0 Å². The van der Waals surface area contributed by atoms with Crippen molar-refractivity contribution >= 4 is 0 Å². The lowest BCUT2D eigenvalue weighted by molar-refractivity contribution is -0.0381. The van der Waals surface area contributed by atoms with Crippen LogP contribution in [0.4, 0.5) is 4.39 Å². The summed E-state index contributed by atoms with van der Waals surface area (Å²) >= 11 is 0. The van der Waals surface area contributed by atoms with E-state index in [2.05, 4.69) is 4.90 Å². The molecule has 1 fully saturated rings. The van der Waals surface area contributed by atoms with E-state index in [1.165, 1.54) is 0 Å². The Morgan fingerprint density at radius 3 is 3.08 bits per heavy atom. The predicted octanol–water partition coefficient (Wildman–Crippen LogP) is 0.394. The van der Waals surface area contributed by atoms with Crippen molar-refractivity contribution in [3.8, 4) is 0 Å². The maximum Gasteiger partial charge on any atom is 0.0906 e. The lowest BCUT2D eigenvalue weighted by atomic mass is 10.1. The van der Waals surface area contributed by atoms with Crippen LogP contribution >= 0.6 is 0 Å². The molecule has 0 aliphatic carbocycles. The van der Waals surface area contributed by atoms with Crippen molar-refractivity contribution in [2.75, 3.05) is 32.9 Å². The van der Waals surface area contributed by atoms with E-state index in [-0.39, 0.29) is 18.8 Å². The van der Waals surface area contributed by atoms with Gasteiger partial charge in [0.15, 0.2) is 0 Å². The van der Waals surface area contributed by atoms with Crippen LogP contribution in [-0.2, 0) is 4.74 Å². The molecule has 1 heterocycles. The van der Waals surface area contributed by atoms with E-state index in [0.717, 1.165) is 26.2 Å².